The van der Waals surface area contributed by atoms with Gasteiger partial charge in [0.25, 0.3) is 0 Å². The molecule has 0 saturated carbocycles. The Hall–Kier alpha value is -0.830. The molecule has 3 nitrogen and oxygen atoms in total. The van der Waals surface area contributed by atoms with Crippen LogP contribution in [0.3, 0.4) is 0 Å². The lowest BCUT2D eigenvalue weighted by atomic mass is 10.0. The maximum Gasteiger partial charge on any atom is 0.249 e. The van der Waals surface area contributed by atoms with Gasteiger partial charge in [-0.2, -0.15) is 0 Å². The first-order valence-corrected chi connectivity index (χ1v) is 6.89. The Balaban J connectivity index is 2.69. The SMILES string of the molecule is CC/C=C(\C)C(=O)N(CCC)C1CCNCC1. The van der Waals surface area contributed by atoms with Crippen molar-refractivity contribution in [1.82, 2.24) is 10.2 Å². The van der Waals surface area contributed by atoms with E-state index < -0.39 is 0 Å². The highest BCUT2D eigenvalue weighted by Crippen LogP contribution is 2.15. The van der Waals surface area contributed by atoms with E-state index in [1.807, 2.05) is 13.0 Å². The second-order valence-electron chi connectivity index (χ2n) is 4.78. The van der Waals surface area contributed by atoms with Gasteiger partial charge < -0.3 is 10.2 Å². The molecule has 0 aliphatic carbocycles. The topological polar surface area (TPSA) is 32.3 Å². The third-order valence-electron chi connectivity index (χ3n) is 3.32. The quantitative estimate of drug-likeness (QED) is 0.746. The molecule has 1 heterocycles. The minimum Gasteiger partial charge on any atom is -0.336 e. The van der Waals surface area contributed by atoms with Gasteiger partial charge in [0.15, 0.2) is 0 Å². The molecule has 0 atom stereocenters. The van der Waals surface area contributed by atoms with Gasteiger partial charge in [-0.3, -0.25) is 4.79 Å². The van der Waals surface area contributed by atoms with E-state index in [4.69, 9.17) is 0 Å². The van der Waals surface area contributed by atoms with Gasteiger partial charge in [-0.25, -0.2) is 0 Å². The van der Waals surface area contributed by atoms with E-state index in [2.05, 4.69) is 24.1 Å². The molecule has 0 spiro atoms. The number of hydrogen-bond donors (Lipinski definition) is 1. The van der Waals surface area contributed by atoms with Gasteiger partial charge in [0.05, 0.1) is 0 Å². The summed E-state index contributed by atoms with van der Waals surface area (Å²) in [5.41, 5.74) is 0.902. The molecule has 0 unspecified atom stereocenters. The van der Waals surface area contributed by atoms with Gasteiger partial charge in [0.1, 0.15) is 0 Å². The zero-order valence-corrected chi connectivity index (χ0v) is 11.5. The van der Waals surface area contributed by atoms with Crippen molar-refractivity contribution in [3.8, 4) is 0 Å². The first-order chi connectivity index (χ1) is 8.20. The van der Waals surface area contributed by atoms with Crippen LogP contribution in [0.15, 0.2) is 11.6 Å². The van der Waals surface area contributed by atoms with Gasteiger partial charge in [0, 0.05) is 18.2 Å². The van der Waals surface area contributed by atoms with Crippen LogP contribution in [0.2, 0.25) is 0 Å². The number of allylic oxidation sites excluding steroid dienone is 1. The molecule has 3 heteroatoms. The summed E-state index contributed by atoms with van der Waals surface area (Å²) in [5, 5.41) is 3.35. The van der Waals surface area contributed by atoms with E-state index in [9.17, 15) is 4.79 Å². The van der Waals surface area contributed by atoms with Crippen molar-refractivity contribution >= 4 is 5.91 Å². The van der Waals surface area contributed by atoms with Crippen molar-refractivity contribution in [2.75, 3.05) is 19.6 Å². The molecule has 1 aliphatic heterocycles. The lowest BCUT2D eigenvalue weighted by molar-refractivity contribution is -0.129. The van der Waals surface area contributed by atoms with Crippen molar-refractivity contribution < 1.29 is 4.79 Å². The van der Waals surface area contributed by atoms with E-state index in [1.165, 1.54) is 0 Å². The molecule has 1 N–H and O–H groups in total. The van der Waals surface area contributed by atoms with E-state index in [0.717, 1.165) is 50.9 Å². The van der Waals surface area contributed by atoms with Crippen LogP contribution in [0.4, 0.5) is 0 Å². The fraction of sp³-hybridized carbons (Fsp3) is 0.786. The number of hydrogen-bond acceptors (Lipinski definition) is 2. The number of nitrogens with zero attached hydrogens (tertiary/aromatic N) is 1. The summed E-state index contributed by atoms with van der Waals surface area (Å²) in [6.07, 6.45) is 6.18. The number of rotatable bonds is 5. The Kier molecular flexibility index (Phi) is 6.27. The van der Waals surface area contributed by atoms with E-state index in [1.54, 1.807) is 0 Å². The summed E-state index contributed by atoms with van der Waals surface area (Å²) >= 11 is 0. The van der Waals surface area contributed by atoms with Crippen LogP contribution in [0.5, 0.6) is 0 Å². The summed E-state index contributed by atoms with van der Waals surface area (Å²) in [4.78, 5) is 14.4. The third-order valence-corrected chi connectivity index (χ3v) is 3.32. The molecule has 0 bridgehead atoms. The molecule has 98 valence electrons. The average molecular weight is 238 g/mol. The lowest BCUT2D eigenvalue weighted by Crippen LogP contribution is -2.46. The Morgan fingerprint density at radius 3 is 2.53 bits per heavy atom. The minimum atomic E-state index is 0.237. The molecule has 0 radical (unpaired) electrons. The predicted octanol–water partition coefficient (Wildman–Crippen LogP) is 2.33. The molecule has 1 amide bonds. The summed E-state index contributed by atoms with van der Waals surface area (Å²) in [6.45, 7) is 9.11. The Bertz CT molecular complexity index is 267. The standard InChI is InChI=1S/C14H26N2O/c1-4-6-12(3)14(17)16(11-5-2)13-7-9-15-10-8-13/h6,13,15H,4-5,7-11H2,1-3H3/b12-6+. The second-order valence-corrected chi connectivity index (χ2v) is 4.78. The van der Waals surface area contributed by atoms with Gasteiger partial charge in [-0.1, -0.05) is 19.9 Å². The van der Waals surface area contributed by atoms with Crippen molar-refractivity contribution in [2.24, 2.45) is 0 Å². The van der Waals surface area contributed by atoms with Crippen molar-refractivity contribution in [3.05, 3.63) is 11.6 Å². The number of piperidine rings is 1. The van der Waals surface area contributed by atoms with Crippen LogP contribution >= 0.6 is 0 Å². The Morgan fingerprint density at radius 1 is 1.35 bits per heavy atom. The maximum absolute atomic E-state index is 12.4. The maximum atomic E-state index is 12.4. The molecular formula is C14H26N2O. The van der Waals surface area contributed by atoms with Crippen molar-refractivity contribution in [3.63, 3.8) is 0 Å². The molecule has 1 fully saturated rings. The van der Waals surface area contributed by atoms with E-state index in [-0.39, 0.29) is 5.91 Å². The number of carbonyl (C=O) groups excluding carboxylic acids is 1. The molecule has 1 saturated heterocycles. The second kappa shape index (κ2) is 7.49. The molecule has 0 aromatic rings. The highest BCUT2D eigenvalue weighted by molar-refractivity contribution is 5.93. The molecular weight excluding hydrogens is 212 g/mol. The largest absolute Gasteiger partial charge is 0.336 e. The van der Waals surface area contributed by atoms with Crippen LogP contribution in [-0.4, -0.2) is 36.5 Å². The molecule has 1 rings (SSSR count). The van der Waals surface area contributed by atoms with Crippen LogP contribution in [0, 0.1) is 0 Å². The first kappa shape index (κ1) is 14.2. The monoisotopic (exact) mass is 238 g/mol. The fourth-order valence-corrected chi connectivity index (χ4v) is 2.43. The summed E-state index contributed by atoms with van der Waals surface area (Å²) in [5.74, 6) is 0.237. The summed E-state index contributed by atoms with van der Waals surface area (Å²) < 4.78 is 0. The van der Waals surface area contributed by atoms with Gasteiger partial charge in [-0.05, 0) is 45.7 Å². The number of amides is 1. The fourth-order valence-electron chi connectivity index (χ4n) is 2.43. The predicted molar refractivity (Wildman–Crippen MR) is 71.9 cm³/mol. The van der Waals surface area contributed by atoms with Crippen molar-refractivity contribution in [2.45, 2.75) is 52.5 Å². The summed E-state index contributed by atoms with van der Waals surface area (Å²) in [6, 6.07) is 0.434. The van der Waals surface area contributed by atoms with Crippen LogP contribution < -0.4 is 5.32 Å². The normalized spacial score (nSPS) is 18.2. The zero-order valence-electron chi connectivity index (χ0n) is 11.5. The number of nitrogens with one attached hydrogen (secondary N) is 1. The van der Waals surface area contributed by atoms with Crippen molar-refractivity contribution in [1.29, 1.82) is 0 Å². The van der Waals surface area contributed by atoms with Crippen LogP contribution in [0.1, 0.15) is 46.5 Å². The number of carbonyl (C=O) groups is 1. The van der Waals surface area contributed by atoms with Gasteiger partial charge in [-0.15, -0.1) is 0 Å². The molecule has 0 aromatic carbocycles. The summed E-state index contributed by atoms with van der Waals surface area (Å²) in [7, 11) is 0. The zero-order chi connectivity index (χ0) is 12.7. The highest BCUT2D eigenvalue weighted by atomic mass is 16.2. The van der Waals surface area contributed by atoms with Crippen LogP contribution in [0.25, 0.3) is 0 Å². The van der Waals surface area contributed by atoms with E-state index in [0.29, 0.717) is 6.04 Å². The van der Waals surface area contributed by atoms with E-state index >= 15 is 0 Å². The first-order valence-electron chi connectivity index (χ1n) is 6.89. The smallest absolute Gasteiger partial charge is 0.249 e. The van der Waals surface area contributed by atoms with Gasteiger partial charge >= 0.3 is 0 Å². The van der Waals surface area contributed by atoms with Crippen LogP contribution in [-0.2, 0) is 4.79 Å². The Morgan fingerprint density at radius 2 is 2.00 bits per heavy atom. The average Bonchev–Trinajstić information content (AvgIpc) is 2.36. The molecule has 0 aromatic heterocycles. The lowest BCUT2D eigenvalue weighted by Gasteiger charge is -2.34. The van der Waals surface area contributed by atoms with Gasteiger partial charge in [0.2, 0.25) is 5.91 Å². The molecule has 17 heavy (non-hydrogen) atoms. The Labute approximate surface area is 105 Å². The minimum absolute atomic E-state index is 0.237. The third kappa shape index (κ3) is 4.15. The molecule has 1 aliphatic rings. The highest BCUT2D eigenvalue weighted by Gasteiger charge is 2.24.